The standard InChI is InChI=1S/C17H14FN3OS/c1-22-15-8-4-13(5-9-15)16-11-23-17(20-16)21-19-10-12-2-6-14(18)7-3-12/h2-11H,1H3,(H,20,21)/b19-10-. The molecule has 0 aliphatic carbocycles. The number of ether oxygens (including phenoxy) is 1. The molecule has 0 bridgehead atoms. The number of aromatic nitrogens is 1. The molecule has 0 saturated heterocycles. The number of methoxy groups -OCH3 is 1. The number of nitrogens with one attached hydrogen (secondary N) is 1. The quantitative estimate of drug-likeness (QED) is 0.558. The van der Waals surface area contributed by atoms with Gasteiger partial charge >= 0.3 is 0 Å². The second-order valence-electron chi connectivity index (χ2n) is 4.69. The summed E-state index contributed by atoms with van der Waals surface area (Å²) in [7, 11) is 1.64. The smallest absolute Gasteiger partial charge is 0.203 e. The maximum atomic E-state index is 12.8. The van der Waals surface area contributed by atoms with Crippen LogP contribution >= 0.6 is 11.3 Å². The predicted molar refractivity (Wildman–Crippen MR) is 91.7 cm³/mol. The van der Waals surface area contributed by atoms with Crippen LogP contribution < -0.4 is 10.2 Å². The number of hydrogen-bond acceptors (Lipinski definition) is 5. The summed E-state index contributed by atoms with van der Waals surface area (Å²) in [6.07, 6.45) is 1.62. The highest BCUT2D eigenvalue weighted by atomic mass is 32.1. The average Bonchev–Trinajstić information content (AvgIpc) is 3.06. The summed E-state index contributed by atoms with van der Waals surface area (Å²) >= 11 is 1.46. The molecule has 23 heavy (non-hydrogen) atoms. The van der Waals surface area contributed by atoms with Crippen LogP contribution in [0, 0.1) is 5.82 Å². The summed E-state index contributed by atoms with van der Waals surface area (Å²) in [6, 6.07) is 13.8. The molecule has 0 spiro atoms. The van der Waals surface area contributed by atoms with Crippen LogP contribution in [-0.2, 0) is 0 Å². The van der Waals surface area contributed by atoms with Gasteiger partial charge in [-0.2, -0.15) is 5.10 Å². The molecule has 0 aliphatic rings. The van der Waals surface area contributed by atoms with Gasteiger partial charge < -0.3 is 4.74 Å². The van der Waals surface area contributed by atoms with E-state index in [1.165, 1.54) is 23.5 Å². The fourth-order valence-corrected chi connectivity index (χ4v) is 2.60. The van der Waals surface area contributed by atoms with Gasteiger partial charge in [0.05, 0.1) is 19.0 Å². The highest BCUT2D eigenvalue weighted by molar-refractivity contribution is 7.14. The summed E-state index contributed by atoms with van der Waals surface area (Å²) in [5, 5.41) is 6.75. The highest BCUT2D eigenvalue weighted by Gasteiger charge is 2.04. The zero-order chi connectivity index (χ0) is 16.1. The number of nitrogens with zero attached hydrogens (tertiary/aromatic N) is 2. The van der Waals surface area contributed by atoms with E-state index in [0.29, 0.717) is 5.13 Å². The minimum Gasteiger partial charge on any atom is -0.497 e. The maximum absolute atomic E-state index is 12.8. The van der Waals surface area contributed by atoms with Crippen molar-refractivity contribution < 1.29 is 9.13 Å². The zero-order valence-electron chi connectivity index (χ0n) is 12.4. The van der Waals surface area contributed by atoms with Crippen molar-refractivity contribution in [2.24, 2.45) is 5.10 Å². The minimum absolute atomic E-state index is 0.265. The lowest BCUT2D eigenvalue weighted by atomic mass is 10.2. The molecule has 1 N–H and O–H groups in total. The highest BCUT2D eigenvalue weighted by Crippen LogP contribution is 2.26. The van der Waals surface area contributed by atoms with Crippen molar-refractivity contribution in [1.82, 2.24) is 4.98 Å². The van der Waals surface area contributed by atoms with Crippen LogP contribution in [0.3, 0.4) is 0 Å². The fourth-order valence-electron chi connectivity index (χ4n) is 1.93. The molecule has 0 aliphatic heterocycles. The predicted octanol–water partition coefficient (Wildman–Crippen LogP) is 4.40. The van der Waals surface area contributed by atoms with Gasteiger partial charge in [-0.1, -0.05) is 12.1 Å². The van der Waals surface area contributed by atoms with Gasteiger partial charge in [0, 0.05) is 10.9 Å². The van der Waals surface area contributed by atoms with E-state index in [-0.39, 0.29) is 5.82 Å². The van der Waals surface area contributed by atoms with Gasteiger partial charge in [-0.15, -0.1) is 11.3 Å². The normalized spacial score (nSPS) is 10.9. The van der Waals surface area contributed by atoms with Crippen molar-refractivity contribution >= 4 is 22.7 Å². The molecule has 0 atom stereocenters. The van der Waals surface area contributed by atoms with Gasteiger partial charge in [0.1, 0.15) is 11.6 Å². The molecule has 3 rings (SSSR count). The molecule has 1 aromatic heterocycles. The number of halogens is 1. The third-order valence-corrected chi connectivity index (χ3v) is 3.88. The molecular formula is C17H14FN3OS. The van der Waals surface area contributed by atoms with Gasteiger partial charge in [-0.05, 0) is 42.0 Å². The second-order valence-corrected chi connectivity index (χ2v) is 5.55. The number of anilines is 1. The lowest BCUT2D eigenvalue weighted by Gasteiger charge is -2.00. The Balaban J connectivity index is 1.65. The van der Waals surface area contributed by atoms with Crippen LogP contribution in [0.4, 0.5) is 9.52 Å². The van der Waals surface area contributed by atoms with E-state index in [1.807, 2.05) is 29.6 Å². The van der Waals surface area contributed by atoms with Crippen molar-refractivity contribution in [3.8, 4) is 17.0 Å². The third kappa shape index (κ3) is 3.92. The van der Waals surface area contributed by atoms with E-state index < -0.39 is 0 Å². The fraction of sp³-hybridized carbons (Fsp3) is 0.0588. The van der Waals surface area contributed by atoms with Gasteiger partial charge in [0.2, 0.25) is 5.13 Å². The lowest BCUT2D eigenvalue weighted by molar-refractivity contribution is 0.415. The summed E-state index contributed by atoms with van der Waals surface area (Å²) in [5.41, 5.74) is 5.57. The van der Waals surface area contributed by atoms with E-state index in [0.717, 1.165) is 22.6 Å². The van der Waals surface area contributed by atoms with Crippen LogP contribution in [-0.4, -0.2) is 18.3 Å². The monoisotopic (exact) mass is 327 g/mol. The first-order chi connectivity index (χ1) is 11.2. The average molecular weight is 327 g/mol. The first-order valence-electron chi connectivity index (χ1n) is 6.89. The Hall–Kier alpha value is -2.73. The largest absolute Gasteiger partial charge is 0.497 e. The summed E-state index contributed by atoms with van der Waals surface area (Å²) < 4.78 is 17.9. The van der Waals surface area contributed by atoms with E-state index in [4.69, 9.17) is 4.74 Å². The van der Waals surface area contributed by atoms with Crippen LogP contribution in [0.5, 0.6) is 5.75 Å². The Kier molecular flexibility index (Phi) is 4.63. The van der Waals surface area contributed by atoms with Crippen molar-refractivity contribution in [1.29, 1.82) is 0 Å². The van der Waals surface area contributed by atoms with Gasteiger partial charge in [0.25, 0.3) is 0 Å². The summed E-state index contributed by atoms with van der Waals surface area (Å²) in [5.74, 6) is 0.547. The lowest BCUT2D eigenvalue weighted by Crippen LogP contribution is -1.90. The minimum atomic E-state index is -0.265. The number of hydrogen-bond donors (Lipinski definition) is 1. The zero-order valence-corrected chi connectivity index (χ0v) is 13.2. The molecule has 0 unspecified atom stereocenters. The molecule has 116 valence electrons. The Morgan fingerprint density at radius 1 is 1.13 bits per heavy atom. The Bertz CT molecular complexity index is 797. The maximum Gasteiger partial charge on any atom is 0.203 e. The number of hydrazone groups is 1. The third-order valence-electron chi connectivity index (χ3n) is 3.13. The van der Waals surface area contributed by atoms with Crippen molar-refractivity contribution in [2.45, 2.75) is 0 Å². The Morgan fingerprint density at radius 3 is 2.57 bits per heavy atom. The van der Waals surface area contributed by atoms with E-state index in [9.17, 15) is 4.39 Å². The second kappa shape index (κ2) is 7.02. The molecule has 2 aromatic carbocycles. The molecule has 0 saturated carbocycles. The van der Waals surface area contributed by atoms with E-state index in [2.05, 4.69) is 15.5 Å². The van der Waals surface area contributed by atoms with Crippen LogP contribution in [0.15, 0.2) is 59.0 Å². The van der Waals surface area contributed by atoms with Crippen molar-refractivity contribution in [3.63, 3.8) is 0 Å². The van der Waals surface area contributed by atoms with Crippen molar-refractivity contribution in [3.05, 3.63) is 65.3 Å². The van der Waals surface area contributed by atoms with Crippen LogP contribution in [0.2, 0.25) is 0 Å². The van der Waals surface area contributed by atoms with Gasteiger partial charge in [-0.3, -0.25) is 5.43 Å². The molecule has 0 amide bonds. The van der Waals surface area contributed by atoms with E-state index in [1.54, 1.807) is 25.5 Å². The summed E-state index contributed by atoms with van der Waals surface area (Å²) in [4.78, 5) is 4.47. The number of benzene rings is 2. The first kappa shape index (κ1) is 15.2. The Morgan fingerprint density at radius 2 is 1.87 bits per heavy atom. The summed E-state index contributed by atoms with van der Waals surface area (Å²) in [6.45, 7) is 0. The first-order valence-corrected chi connectivity index (χ1v) is 7.77. The van der Waals surface area contributed by atoms with Gasteiger partial charge in [0.15, 0.2) is 0 Å². The topological polar surface area (TPSA) is 46.5 Å². The molecule has 1 heterocycles. The van der Waals surface area contributed by atoms with E-state index >= 15 is 0 Å². The molecule has 4 nitrogen and oxygen atoms in total. The molecule has 6 heteroatoms. The SMILES string of the molecule is COc1ccc(-c2csc(N/N=C\c3ccc(F)cc3)n2)cc1. The number of thiazole rings is 1. The van der Waals surface area contributed by atoms with Crippen LogP contribution in [0.1, 0.15) is 5.56 Å². The van der Waals surface area contributed by atoms with Crippen LogP contribution in [0.25, 0.3) is 11.3 Å². The van der Waals surface area contributed by atoms with Crippen molar-refractivity contribution in [2.75, 3.05) is 12.5 Å². The molecule has 3 aromatic rings. The van der Waals surface area contributed by atoms with Gasteiger partial charge in [-0.25, -0.2) is 9.37 Å². The Labute approximate surface area is 137 Å². The molecular weight excluding hydrogens is 313 g/mol. The number of rotatable bonds is 5. The molecule has 0 fully saturated rings. The molecule has 0 radical (unpaired) electrons.